The molecule has 12 heavy (non-hydrogen) atoms. The molecule has 0 saturated heterocycles. The van der Waals surface area contributed by atoms with Crippen LogP contribution in [-0.2, 0) is 4.74 Å². The fraction of sp³-hybridized carbons (Fsp3) is 1.00. The fourth-order valence-electron chi connectivity index (χ4n) is 1.81. The summed E-state index contributed by atoms with van der Waals surface area (Å²) in [6, 6.07) is 0. The number of hydrogen-bond donors (Lipinski definition) is 0. The maximum atomic E-state index is 5.77. The first kappa shape index (κ1) is 10.5. The zero-order chi connectivity index (χ0) is 8.97. The summed E-state index contributed by atoms with van der Waals surface area (Å²) in [5.74, 6) is 0.900. The van der Waals surface area contributed by atoms with E-state index in [-0.39, 0.29) is 0 Å². The largest absolute Gasteiger partial charge is 0.376 e. The molecular formula is C10H19BrO. The lowest BCUT2D eigenvalue weighted by atomic mass is 9.89. The summed E-state index contributed by atoms with van der Waals surface area (Å²) >= 11 is 3.54. The van der Waals surface area contributed by atoms with Crippen LogP contribution < -0.4 is 0 Å². The Morgan fingerprint density at radius 1 is 1.25 bits per heavy atom. The molecule has 0 aliphatic heterocycles. The van der Waals surface area contributed by atoms with Crippen LogP contribution in [0, 0.1) is 5.92 Å². The molecule has 0 spiro atoms. The van der Waals surface area contributed by atoms with Crippen LogP contribution >= 0.6 is 15.9 Å². The number of halogens is 1. The topological polar surface area (TPSA) is 9.23 Å². The SMILES string of the molecule is CC(C)OC1CCC(CBr)CC1. The highest BCUT2D eigenvalue weighted by atomic mass is 79.9. The standard InChI is InChI=1S/C10H19BrO/c1-8(2)12-10-5-3-9(7-11)4-6-10/h8-10H,3-7H2,1-2H3. The van der Waals surface area contributed by atoms with Crippen LogP contribution in [0.15, 0.2) is 0 Å². The van der Waals surface area contributed by atoms with Crippen LogP contribution in [0.2, 0.25) is 0 Å². The Kier molecular flexibility index (Phi) is 4.59. The molecule has 0 bridgehead atoms. The zero-order valence-electron chi connectivity index (χ0n) is 8.05. The van der Waals surface area contributed by atoms with Gasteiger partial charge in [0, 0.05) is 5.33 Å². The minimum atomic E-state index is 0.399. The molecule has 1 aliphatic rings. The van der Waals surface area contributed by atoms with Gasteiger partial charge >= 0.3 is 0 Å². The van der Waals surface area contributed by atoms with Crippen molar-refractivity contribution < 1.29 is 4.74 Å². The molecule has 0 unspecified atom stereocenters. The normalized spacial score (nSPS) is 31.0. The smallest absolute Gasteiger partial charge is 0.0578 e. The van der Waals surface area contributed by atoms with Gasteiger partial charge in [-0.15, -0.1) is 0 Å². The molecule has 72 valence electrons. The van der Waals surface area contributed by atoms with Crippen molar-refractivity contribution in [3.63, 3.8) is 0 Å². The monoisotopic (exact) mass is 234 g/mol. The molecular weight excluding hydrogens is 216 g/mol. The third-order valence-corrected chi connectivity index (χ3v) is 3.39. The van der Waals surface area contributed by atoms with E-state index in [1.165, 1.54) is 31.0 Å². The third-order valence-electron chi connectivity index (χ3n) is 2.48. The van der Waals surface area contributed by atoms with E-state index >= 15 is 0 Å². The number of ether oxygens (including phenoxy) is 1. The second-order valence-electron chi connectivity index (χ2n) is 3.98. The van der Waals surface area contributed by atoms with Crippen molar-refractivity contribution in [1.29, 1.82) is 0 Å². The van der Waals surface area contributed by atoms with Gasteiger partial charge in [0.25, 0.3) is 0 Å². The van der Waals surface area contributed by atoms with E-state index in [4.69, 9.17) is 4.74 Å². The van der Waals surface area contributed by atoms with Crippen molar-refractivity contribution in [2.45, 2.75) is 51.7 Å². The summed E-state index contributed by atoms with van der Waals surface area (Å²) in [5.41, 5.74) is 0. The average molecular weight is 235 g/mol. The first-order chi connectivity index (χ1) is 5.72. The van der Waals surface area contributed by atoms with Gasteiger partial charge in [-0.05, 0) is 45.4 Å². The van der Waals surface area contributed by atoms with Crippen LogP contribution in [0.1, 0.15) is 39.5 Å². The molecule has 0 aromatic heterocycles. The molecule has 0 amide bonds. The summed E-state index contributed by atoms with van der Waals surface area (Å²) in [4.78, 5) is 0. The van der Waals surface area contributed by atoms with Gasteiger partial charge in [0.15, 0.2) is 0 Å². The molecule has 0 heterocycles. The molecule has 1 rings (SSSR count). The van der Waals surface area contributed by atoms with Crippen molar-refractivity contribution >= 4 is 15.9 Å². The predicted octanol–water partition coefficient (Wildman–Crippen LogP) is 3.37. The van der Waals surface area contributed by atoms with Crippen LogP contribution in [0.4, 0.5) is 0 Å². The lowest BCUT2D eigenvalue weighted by molar-refractivity contribution is -0.0179. The number of alkyl halides is 1. The molecule has 0 atom stereocenters. The maximum Gasteiger partial charge on any atom is 0.0578 e. The van der Waals surface area contributed by atoms with Gasteiger partial charge in [0.05, 0.1) is 12.2 Å². The molecule has 1 saturated carbocycles. The summed E-state index contributed by atoms with van der Waals surface area (Å²) in [5, 5.41) is 1.17. The Labute approximate surface area is 84.0 Å². The second kappa shape index (κ2) is 5.23. The first-order valence-corrected chi connectivity index (χ1v) is 6.06. The van der Waals surface area contributed by atoms with Crippen molar-refractivity contribution in [3.8, 4) is 0 Å². The summed E-state index contributed by atoms with van der Waals surface area (Å²) < 4.78 is 5.77. The van der Waals surface area contributed by atoms with Gasteiger partial charge in [-0.2, -0.15) is 0 Å². The minimum Gasteiger partial charge on any atom is -0.376 e. The van der Waals surface area contributed by atoms with Crippen LogP contribution in [0.25, 0.3) is 0 Å². The van der Waals surface area contributed by atoms with Gasteiger partial charge < -0.3 is 4.74 Å². The second-order valence-corrected chi connectivity index (χ2v) is 4.63. The average Bonchev–Trinajstić information content (AvgIpc) is 2.05. The molecule has 0 N–H and O–H groups in total. The molecule has 0 radical (unpaired) electrons. The van der Waals surface area contributed by atoms with Gasteiger partial charge in [0.1, 0.15) is 0 Å². The van der Waals surface area contributed by atoms with Crippen molar-refractivity contribution in [2.24, 2.45) is 5.92 Å². The van der Waals surface area contributed by atoms with E-state index in [9.17, 15) is 0 Å². The van der Waals surface area contributed by atoms with E-state index in [0.29, 0.717) is 12.2 Å². The lowest BCUT2D eigenvalue weighted by Crippen LogP contribution is -2.24. The molecule has 0 aromatic carbocycles. The van der Waals surface area contributed by atoms with E-state index in [2.05, 4.69) is 29.8 Å². The van der Waals surface area contributed by atoms with Crippen LogP contribution in [0.3, 0.4) is 0 Å². The Morgan fingerprint density at radius 2 is 1.83 bits per heavy atom. The summed E-state index contributed by atoms with van der Waals surface area (Å²) in [6.45, 7) is 4.24. The molecule has 2 heteroatoms. The predicted molar refractivity (Wildman–Crippen MR) is 55.8 cm³/mol. The lowest BCUT2D eigenvalue weighted by Gasteiger charge is -2.28. The maximum absolute atomic E-state index is 5.77. The molecule has 1 aliphatic carbocycles. The number of rotatable bonds is 3. The Balaban J connectivity index is 2.17. The highest BCUT2D eigenvalue weighted by Crippen LogP contribution is 2.27. The quantitative estimate of drug-likeness (QED) is 0.681. The van der Waals surface area contributed by atoms with Crippen molar-refractivity contribution in [3.05, 3.63) is 0 Å². The third kappa shape index (κ3) is 3.44. The minimum absolute atomic E-state index is 0.399. The Morgan fingerprint density at radius 3 is 2.25 bits per heavy atom. The van der Waals surface area contributed by atoms with E-state index in [1.807, 2.05) is 0 Å². The fourth-order valence-corrected chi connectivity index (χ4v) is 2.45. The highest BCUT2D eigenvalue weighted by molar-refractivity contribution is 9.09. The van der Waals surface area contributed by atoms with Gasteiger partial charge in [-0.3, -0.25) is 0 Å². The van der Waals surface area contributed by atoms with Crippen LogP contribution in [-0.4, -0.2) is 17.5 Å². The highest BCUT2D eigenvalue weighted by Gasteiger charge is 2.21. The van der Waals surface area contributed by atoms with E-state index in [0.717, 1.165) is 5.92 Å². The number of hydrogen-bond acceptors (Lipinski definition) is 1. The molecule has 0 aromatic rings. The zero-order valence-corrected chi connectivity index (χ0v) is 9.64. The van der Waals surface area contributed by atoms with Crippen molar-refractivity contribution in [2.75, 3.05) is 5.33 Å². The van der Waals surface area contributed by atoms with Gasteiger partial charge in [-0.1, -0.05) is 15.9 Å². The molecule has 1 nitrogen and oxygen atoms in total. The Bertz CT molecular complexity index is 117. The Hall–Kier alpha value is 0.440. The summed E-state index contributed by atoms with van der Waals surface area (Å²) in [6.07, 6.45) is 6.13. The first-order valence-electron chi connectivity index (χ1n) is 4.93. The van der Waals surface area contributed by atoms with Crippen LogP contribution in [0.5, 0.6) is 0 Å². The molecule has 1 fully saturated rings. The van der Waals surface area contributed by atoms with E-state index < -0.39 is 0 Å². The van der Waals surface area contributed by atoms with Crippen molar-refractivity contribution in [1.82, 2.24) is 0 Å². The van der Waals surface area contributed by atoms with Gasteiger partial charge in [-0.25, -0.2) is 0 Å². The summed E-state index contributed by atoms with van der Waals surface area (Å²) in [7, 11) is 0. The van der Waals surface area contributed by atoms with Gasteiger partial charge in [0.2, 0.25) is 0 Å². The van der Waals surface area contributed by atoms with E-state index in [1.54, 1.807) is 0 Å².